The minimum Gasteiger partial charge on any atom is -0.299 e. The highest BCUT2D eigenvalue weighted by Crippen LogP contribution is 2.31. The van der Waals surface area contributed by atoms with E-state index in [9.17, 15) is 0 Å². The molecule has 2 unspecified atom stereocenters. The molecule has 0 radical (unpaired) electrons. The summed E-state index contributed by atoms with van der Waals surface area (Å²) >= 11 is 0. The average Bonchev–Trinajstić information content (AvgIpc) is 1.99. The van der Waals surface area contributed by atoms with Crippen LogP contribution in [-0.2, 0) is 0 Å². The summed E-state index contributed by atoms with van der Waals surface area (Å²) in [5.41, 5.74) is 0.698. The molecule has 0 aromatic rings. The summed E-state index contributed by atoms with van der Waals surface area (Å²) in [7, 11) is 2.24. The molecule has 0 rings (SSSR count). The highest BCUT2D eigenvalue weighted by Gasteiger charge is 2.27. The zero-order valence-corrected chi connectivity index (χ0v) is 12.3. The zero-order chi connectivity index (χ0) is 12.4. The summed E-state index contributed by atoms with van der Waals surface area (Å²) in [4.78, 5) is 2.48. The van der Waals surface area contributed by atoms with Gasteiger partial charge in [0, 0.05) is 11.6 Å². The van der Waals surface area contributed by atoms with Crippen molar-refractivity contribution in [2.45, 2.75) is 73.4 Å². The van der Waals surface area contributed by atoms with Crippen molar-refractivity contribution >= 4 is 0 Å². The molecule has 1 nitrogen and oxygen atoms in total. The van der Waals surface area contributed by atoms with Gasteiger partial charge in [0.1, 0.15) is 0 Å². The predicted molar refractivity (Wildman–Crippen MR) is 70.2 cm³/mol. The third kappa shape index (κ3) is 5.01. The second-order valence-corrected chi connectivity index (χ2v) is 7.13. The normalized spacial score (nSPS) is 18.0. The van der Waals surface area contributed by atoms with Crippen LogP contribution in [0.25, 0.3) is 0 Å². The second-order valence-electron chi connectivity index (χ2n) is 7.13. The van der Waals surface area contributed by atoms with Crippen LogP contribution in [0.2, 0.25) is 0 Å². The monoisotopic (exact) mass is 213 g/mol. The first-order chi connectivity index (χ1) is 6.46. The Kier molecular flexibility index (Phi) is 4.85. The van der Waals surface area contributed by atoms with Crippen LogP contribution in [0, 0.1) is 11.3 Å². The molecule has 0 saturated carbocycles. The third-order valence-electron chi connectivity index (χ3n) is 3.89. The van der Waals surface area contributed by atoms with E-state index in [0.29, 0.717) is 11.5 Å². The van der Waals surface area contributed by atoms with Crippen molar-refractivity contribution in [3.63, 3.8) is 0 Å². The molecular weight excluding hydrogens is 182 g/mol. The van der Waals surface area contributed by atoms with Gasteiger partial charge in [0.15, 0.2) is 0 Å². The molecule has 2 atom stereocenters. The molecule has 0 aliphatic heterocycles. The lowest BCUT2D eigenvalue weighted by molar-refractivity contribution is 0.0925. The lowest BCUT2D eigenvalue weighted by atomic mass is 9.78. The second kappa shape index (κ2) is 4.86. The van der Waals surface area contributed by atoms with E-state index in [1.165, 1.54) is 6.42 Å². The molecule has 0 aromatic heterocycles. The molecule has 92 valence electrons. The van der Waals surface area contributed by atoms with E-state index >= 15 is 0 Å². The summed E-state index contributed by atoms with van der Waals surface area (Å²) in [6.07, 6.45) is 1.28. The van der Waals surface area contributed by atoms with Gasteiger partial charge in [-0.3, -0.25) is 4.90 Å². The molecule has 0 aliphatic carbocycles. The molecule has 0 amide bonds. The molecule has 0 spiro atoms. The maximum Gasteiger partial charge on any atom is 0.0124 e. The van der Waals surface area contributed by atoms with Gasteiger partial charge < -0.3 is 0 Å². The number of hydrogen-bond donors (Lipinski definition) is 0. The van der Waals surface area contributed by atoms with E-state index in [4.69, 9.17) is 0 Å². The minimum atomic E-state index is 0.275. The fourth-order valence-electron chi connectivity index (χ4n) is 1.68. The first kappa shape index (κ1) is 15.0. The smallest absolute Gasteiger partial charge is 0.0124 e. The van der Waals surface area contributed by atoms with Crippen molar-refractivity contribution < 1.29 is 0 Å². The van der Waals surface area contributed by atoms with Gasteiger partial charge in [0.2, 0.25) is 0 Å². The van der Waals surface area contributed by atoms with Crippen molar-refractivity contribution in [2.24, 2.45) is 11.3 Å². The highest BCUT2D eigenvalue weighted by molar-refractivity contribution is 4.81. The number of hydrogen-bond acceptors (Lipinski definition) is 1. The largest absolute Gasteiger partial charge is 0.299 e. The summed E-state index contributed by atoms with van der Waals surface area (Å²) in [5, 5.41) is 0. The van der Waals surface area contributed by atoms with Crippen molar-refractivity contribution in [3.8, 4) is 0 Å². The Morgan fingerprint density at radius 2 is 1.33 bits per heavy atom. The Morgan fingerprint density at radius 1 is 0.933 bits per heavy atom. The van der Waals surface area contributed by atoms with Crippen molar-refractivity contribution in [1.29, 1.82) is 0 Å². The van der Waals surface area contributed by atoms with Gasteiger partial charge in [-0.2, -0.15) is 0 Å². The number of nitrogens with zero attached hydrogens (tertiary/aromatic N) is 1. The van der Waals surface area contributed by atoms with Gasteiger partial charge in [0.05, 0.1) is 0 Å². The standard InChI is InChI=1S/C14H31N/c1-11(13(3,4)5)10-12(2)15(9)14(6,7)8/h11-12H,10H2,1-9H3. The Labute approximate surface area is 97.2 Å². The number of rotatable bonds is 3. The minimum absolute atomic E-state index is 0.275. The molecule has 0 bridgehead atoms. The van der Waals surface area contributed by atoms with Crippen LogP contribution in [0.3, 0.4) is 0 Å². The van der Waals surface area contributed by atoms with Crippen molar-refractivity contribution in [1.82, 2.24) is 4.90 Å². The Hall–Kier alpha value is -0.0400. The third-order valence-corrected chi connectivity index (χ3v) is 3.89. The molecular formula is C14H31N. The molecule has 0 aromatic carbocycles. The fourth-order valence-corrected chi connectivity index (χ4v) is 1.68. The first-order valence-electron chi connectivity index (χ1n) is 6.19. The quantitative estimate of drug-likeness (QED) is 0.680. The van der Waals surface area contributed by atoms with Gasteiger partial charge in [-0.25, -0.2) is 0 Å². The molecule has 0 N–H and O–H groups in total. The van der Waals surface area contributed by atoms with Gasteiger partial charge in [0.25, 0.3) is 0 Å². The van der Waals surface area contributed by atoms with Crippen LogP contribution < -0.4 is 0 Å². The van der Waals surface area contributed by atoms with Crippen molar-refractivity contribution in [3.05, 3.63) is 0 Å². The van der Waals surface area contributed by atoms with Crippen LogP contribution in [-0.4, -0.2) is 23.5 Å². The van der Waals surface area contributed by atoms with E-state index in [-0.39, 0.29) is 5.54 Å². The van der Waals surface area contributed by atoms with E-state index in [1.807, 2.05) is 0 Å². The molecule has 1 heteroatoms. The molecule has 0 heterocycles. The molecule has 15 heavy (non-hydrogen) atoms. The predicted octanol–water partition coefficient (Wildman–Crippen LogP) is 4.18. The first-order valence-corrected chi connectivity index (χ1v) is 6.19. The lowest BCUT2D eigenvalue weighted by Gasteiger charge is -2.40. The molecule has 0 aliphatic rings. The molecule has 0 fully saturated rings. The van der Waals surface area contributed by atoms with Gasteiger partial charge >= 0.3 is 0 Å². The van der Waals surface area contributed by atoms with E-state index < -0.39 is 0 Å². The van der Waals surface area contributed by atoms with Crippen molar-refractivity contribution in [2.75, 3.05) is 7.05 Å². The summed E-state index contributed by atoms with van der Waals surface area (Å²) in [6, 6.07) is 0.652. The fraction of sp³-hybridized carbons (Fsp3) is 1.00. The maximum atomic E-state index is 2.48. The SMILES string of the molecule is CC(CC(C)C(C)(C)C)N(C)C(C)(C)C. The maximum absolute atomic E-state index is 2.48. The van der Waals surface area contributed by atoms with Crippen LogP contribution >= 0.6 is 0 Å². The lowest BCUT2D eigenvalue weighted by Crippen LogP contribution is -2.45. The average molecular weight is 213 g/mol. The Bertz CT molecular complexity index is 182. The van der Waals surface area contributed by atoms with Gasteiger partial charge in [-0.05, 0) is 52.5 Å². The Morgan fingerprint density at radius 3 is 1.60 bits per heavy atom. The highest BCUT2D eigenvalue weighted by atomic mass is 15.2. The van der Waals surface area contributed by atoms with Crippen LogP contribution in [0.1, 0.15) is 61.8 Å². The topological polar surface area (TPSA) is 3.24 Å². The van der Waals surface area contributed by atoms with Gasteiger partial charge in [-0.1, -0.05) is 27.7 Å². The van der Waals surface area contributed by atoms with E-state index in [0.717, 1.165) is 5.92 Å². The Balaban J connectivity index is 4.32. The van der Waals surface area contributed by atoms with Crippen LogP contribution in [0.5, 0.6) is 0 Å². The van der Waals surface area contributed by atoms with Crippen LogP contribution in [0.4, 0.5) is 0 Å². The summed E-state index contributed by atoms with van der Waals surface area (Å²) in [6.45, 7) is 18.6. The molecule has 0 saturated heterocycles. The zero-order valence-electron chi connectivity index (χ0n) is 12.3. The van der Waals surface area contributed by atoms with E-state index in [2.05, 4.69) is 67.3 Å². The summed E-state index contributed by atoms with van der Waals surface area (Å²) < 4.78 is 0. The summed E-state index contributed by atoms with van der Waals surface area (Å²) in [5.74, 6) is 0.761. The van der Waals surface area contributed by atoms with Crippen LogP contribution in [0.15, 0.2) is 0 Å². The van der Waals surface area contributed by atoms with Gasteiger partial charge in [-0.15, -0.1) is 0 Å². The van der Waals surface area contributed by atoms with E-state index in [1.54, 1.807) is 0 Å².